The highest BCUT2D eigenvalue weighted by Gasteiger charge is 2.32. The van der Waals surface area contributed by atoms with Crippen LogP contribution in [0.15, 0.2) is 23.1 Å². The van der Waals surface area contributed by atoms with Crippen LogP contribution in [0, 0.1) is 6.92 Å². The Morgan fingerprint density at radius 1 is 1.41 bits per heavy atom. The van der Waals surface area contributed by atoms with Crippen molar-refractivity contribution in [3.63, 3.8) is 0 Å². The predicted octanol–water partition coefficient (Wildman–Crippen LogP) is 4.48. The Bertz CT molecular complexity index is 431. The molecular formula is C11H10ClF3OS. The summed E-state index contributed by atoms with van der Waals surface area (Å²) in [5, 5.41) is -1.04. The van der Waals surface area contributed by atoms with Gasteiger partial charge in [-0.1, -0.05) is 12.1 Å². The number of aryl methyl sites for hydroxylation is 1. The summed E-state index contributed by atoms with van der Waals surface area (Å²) in [5.74, 6) is -0.370. The fourth-order valence-corrected chi connectivity index (χ4v) is 2.53. The van der Waals surface area contributed by atoms with E-state index < -0.39 is 10.9 Å². The van der Waals surface area contributed by atoms with Crippen LogP contribution in [0.4, 0.5) is 13.2 Å². The number of carbonyl (C=O) groups is 1. The smallest absolute Gasteiger partial charge is 0.298 e. The van der Waals surface area contributed by atoms with Gasteiger partial charge in [0, 0.05) is 4.90 Å². The molecular weight excluding hydrogens is 273 g/mol. The van der Waals surface area contributed by atoms with Crippen LogP contribution >= 0.6 is 23.4 Å². The van der Waals surface area contributed by atoms with E-state index in [1.165, 1.54) is 19.1 Å². The van der Waals surface area contributed by atoms with Crippen molar-refractivity contribution in [3.05, 3.63) is 29.3 Å². The maximum atomic E-state index is 12.4. The van der Waals surface area contributed by atoms with Crippen molar-refractivity contribution in [3.8, 4) is 0 Å². The summed E-state index contributed by atoms with van der Waals surface area (Å²) in [6.45, 7) is 2.89. The van der Waals surface area contributed by atoms with Crippen molar-refractivity contribution in [2.24, 2.45) is 0 Å². The number of halogens is 4. The number of carbonyl (C=O) groups excluding carboxylic acids is 1. The van der Waals surface area contributed by atoms with Gasteiger partial charge in [0.25, 0.3) is 0 Å². The molecule has 0 amide bonds. The predicted molar refractivity (Wildman–Crippen MR) is 62.4 cm³/mol. The van der Waals surface area contributed by atoms with Crippen LogP contribution in [-0.2, 0) is 4.79 Å². The minimum Gasteiger partial charge on any atom is -0.298 e. The number of ketones is 1. The fraction of sp³-hybridized carbons (Fsp3) is 0.364. The molecule has 0 radical (unpaired) electrons. The molecule has 1 unspecified atom stereocenters. The van der Waals surface area contributed by atoms with E-state index in [0.29, 0.717) is 5.56 Å². The first-order valence-electron chi connectivity index (χ1n) is 4.72. The maximum absolute atomic E-state index is 12.4. The van der Waals surface area contributed by atoms with E-state index in [4.69, 9.17) is 11.6 Å². The van der Waals surface area contributed by atoms with Gasteiger partial charge in [0.15, 0.2) is 5.78 Å². The minimum absolute atomic E-state index is 0.0206. The number of Topliss-reactive ketones (excluding diaryl/α,β-unsaturated/α-hetero) is 1. The quantitative estimate of drug-likeness (QED) is 0.601. The van der Waals surface area contributed by atoms with Crippen LogP contribution in [0.2, 0.25) is 0 Å². The number of hydrogen-bond acceptors (Lipinski definition) is 2. The molecule has 0 heterocycles. The van der Waals surface area contributed by atoms with E-state index in [1.54, 1.807) is 13.0 Å². The van der Waals surface area contributed by atoms with Gasteiger partial charge in [-0.2, -0.15) is 13.2 Å². The van der Waals surface area contributed by atoms with Crippen molar-refractivity contribution in [1.29, 1.82) is 0 Å². The number of alkyl halides is 4. The summed E-state index contributed by atoms with van der Waals surface area (Å²) in [7, 11) is 0. The van der Waals surface area contributed by atoms with Crippen molar-refractivity contribution in [2.45, 2.75) is 29.6 Å². The summed E-state index contributed by atoms with van der Waals surface area (Å²) in [6.07, 6.45) is 0. The SMILES string of the molecule is CC(=O)C(Cl)c1c(C)cccc1SC(F)(F)F. The molecule has 17 heavy (non-hydrogen) atoms. The van der Waals surface area contributed by atoms with Crippen molar-refractivity contribution < 1.29 is 18.0 Å². The van der Waals surface area contributed by atoms with Crippen LogP contribution in [0.1, 0.15) is 23.4 Å². The Hall–Kier alpha value is -0.680. The monoisotopic (exact) mass is 282 g/mol. The van der Waals surface area contributed by atoms with Gasteiger partial charge in [0.05, 0.1) is 0 Å². The highest BCUT2D eigenvalue weighted by molar-refractivity contribution is 8.00. The highest BCUT2D eigenvalue weighted by atomic mass is 35.5. The Balaban J connectivity index is 3.22. The second-order valence-corrected chi connectivity index (χ2v) is 5.05. The van der Waals surface area contributed by atoms with Gasteiger partial charge < -0.3 is 0 Å². The largest absolute Gasteiger partial charge is 0.446 e. The molecule has 0 spiro atoms. The van der Waals surface area contributed by atoms with Gasteiger partial charge in [-0.25, -0.2) is 0 Å². The number of hydrogen-bond donors (Lipinski definition) is 0. The zero-order chi connectivity index (χ0) is 13.2. The molecule has 94 valence electrons. The molecule has 1 aromatic carbocycles. The maximum Gasteiger partial charge on any atom is 0.446 e. The normalized spacial score (nSPS) is 13.5. The standard InChI is InChI=1S/C11H10ClF3OS/c1-6-4-3-5-8(17-11(13,14)15)9(6)10(12)7(2)16/h3-5,10H,1-2H3. The lowest BCUT2D eigenvalue weighted by Gasteiger charge is -2.16. The third-order valence-corrected chi connectivity index (χ3v) is 3.45. The Labute approximate surface area is 106 Å². The molecule has 0 aliphatic heterocycles. The van der Waals surface area contributed by atoms with Gasteiger partial charge in [0.1, 0.15) is 5.38 Å². The summed E-state index contributed by atoms with van der Waals surface area (Å²) >= 11 is 5.60. The molecule has 1 atom stereocenters. The molecule has 0 saturated carbocycles. The first-order valence-corrected chi connectivity index (χ1v) is 5.97. The van der Waals surface area contributed by atoms with Crippen LogP contribution in [0.5, 0.6) is 0 Å². The molecule has 0 saturated heterocycles. The van der Waals surface area contributed by atoms with E-state index in [2.05, 4.69) is 0 Å². The van der Waals surface area contributed by atoms with E-state index in [9.17, 15) is 18.0 Å². The average Bonchev–Trinajstić information content (AvgIpc) is 2.14. The zero-order valence-corrected chi connectivity index (χ0v) is 10.7. The van der Waals surface area contributed by atoms with Gasteiger partial charge in [-0.3, -0.25) is 4.79 Å². The number of thioether (sulfide) groups is 1. The summed E-state index contributed by atoms with van der Waals surface area (Å²) in [5.41, 5.74) is -3.57. The van der Waals surface area contributed by atoms with Gasteiger partial charge >= 0.3 is 5.51 Å². The molecule has 0 fully saturated rings. The lowest BCUT2D eigenvalue weighted by molar-refractivity contribution is -0.116. The molecule has 6 heteroatoms. The Morgan fingerprint density at radius 3 is 2.47 bits per heavy atom. The minimum atomic E-state index is -4.39. The average molecular weight is 283 g/mol. The topological polar surface area (TPSA) is 17.1 Å². The summed E-state index contributed by atoms with van der Waals surface area (Å²) in [4.78, 5) is 11.2. The van der Waals surface area contributed by atoms with Crippen molar-refractivity contribution in [2.75, 3.05) is 0 Å². The van der Waals surface area contributed by atoms with E-state index >= 15 is 0 Å². The van der Waals surface area contributed by atoms with E-state index in [1.807, 2.05) is 0 Å². The van der Waals surface area contributed by atoms with Crippen LogP contribution < -0.4 is 0 Å². The third-order valence-electron chi connectivity index (χ3n) is 2.12. The van der Waals surface area contributed by atoms with Gasteiger partial charge in [-0.05, 0) is 42.8 Å². The Kier molecular flexibility index (Phi) is 4.49. The molecule has 1 rings (SSSR count). The second kappa shape index (κ2) is 5.31. The molecule has 0 bridgehead atoms. The first-order chi connectivity index (χ1) is 7.72. The van der Waals surface area contributed by atoms with Crippen LogP contribution in [0.3, 0.4) is 0 Å². The zero-order valence-electron chi connectivity index (χ0n) is 9.14. The molecule has 1 nitrogen and oxygen atoms in total. The first kappa shape index (κ1) is 14.4. The van der Waals surface area contributed by atoms with Gasteiger partial charge in [0.2, 0.25) is 0 Å². The molecule has 1 aromatic rings. The fourth-order valence-electron chi connectivity index (χ4n) is 1.40. The van der Waals surface area contributed by atoms with E-state index in [0.717, 1.165) is 0 Å². The van der Waals surface area contributed by atoms with E-state index in [-0.39, 0.29) is 28.0 Å². The third kappa shape index (κ3) is 3.92. The summed E-state index contributed by atoms with van der Waals surface area (Å²) in [6, 6.07) is 4.46. The van der Waals surface area contributed by atoms with Crippen LogP contribution in [-0.4, -0.2) is 11.3 Å². The highest BCUT2D eigenvalue weighted by Crippen LogP contribution is 2.42. The van der Waals surface area contributed by atoms with Crippen LogP contribution in [0.25, 0.3) is 0 Å². The van der Waals surface area contributed by atoms with Crippen molar-refractivity contribution >= 4 is 29.1 Å². The lowest BCUT2D eigenvalue weighted by atomic mass is 10.0. The Morgan fingerprint density at radius 2 is 2.00 bits per heavy atom. The molecule has 0 aromatic heterocycles. The molecule has 0 aliphatic rings. The number of benzene rings is 1. The van der Waals surface area contributed by atoms with Crippen molar-refractivity contribution in [1.82, 2.24) is 0 Å². The molecule has 0 aliphatic carbocycles. The lowest BCUT2D eigenvalue weighted by Crippen LogP contribution is -2.08. The second-order valence-electron chi connectivity index (χ2n) is 3.51. The summed E-state index contributed by atoms with van der Waals surface area (Å²) < 4.78 is 37.1. The molecule has 0 N–H and O–H groups in total. The number of rotatable bonds is 3. The van der Waals surface area contributed by atoms with Gasteiger partial charge in [-0.15, -0.1) is 11.6 Å².